The molecule has 4 rings (SSSR count). The van der Waals surface area contributed by atoms with Crippen LogP contribution in [0.5, 0.6) is 0 Å². The van der Waals surface area contributed by atoms with Crippen molar-refractivity contribution in [1.82, 2.24) is 9.47 Å². The van der Waals surface area contributed by atoms with Gasteiger partial charge in [0, 0.05) is 17.8 Å². The van der Waals surface area contributed by atoms with E-state index in [0.717, 1.165) is 12.0 Å². The number of benzene rings is 1. The highest BCUT2D eigenvalue weighted by Crippen LogP contribution is 2.27. The summed E-state index contributed by atoms with van der Waals surface area (Å²) in [5.74, 6) is -0.170. The van der Waals surface area contributed by atoms with E-state index in [1.807, 2.05) is 37.3 Å². The predicted molar refractivity (Wildman–Crippen MR) is 105 cm³/mol. The molecule has 0 aliphatic carbocycles. The van der Waals surface area contributed by atoms with Gasteiger partial charge in [0.25, 0.3) is 12.4 Å². The van der Waals surface area contributed by atoms with E-state index < -0.39 is 0 Å². The second-order valence-electron chi connectivity index (χ2n) is 7.53. The lowest BCUT2D eigenvalue weighted by Gasteiger charge is -2.44. The minimum atomic E-state index is -0.344. The molecule has 2 aliphatic rings. The Morgan fingerprint density at radius 1 is 1.21 bits per heavy atom. The van der Waals surface area contributed by atoms with E-state index in [-0.39, 0.29) is 30.2 Å². The van der Waals surface area contributed by atoms with Crippen LogP contribution >= 0.6 is 0 Å². The molecule has 0 spiro atoms. The first-order valence-corrected chi connectivity index (χ1v) is 9.88. The Morgan fingerprint density at radius 2 is 2.00 bits per heavy atom. The summed E-state index contributed by atoms with van der Waals surface area (Å²) >= 11 is 0. The summed E-state index contributed by atoms with van der Waals surface area (Å²) in [5, 5.41) is 0. The van der Waals surface area contributed by atoms with Crippen molar-refractivity contribution in [3.63, 3.8) is 0 Å². The minimum Gasteiger partial charge on any atom is -0.463 e. The van der Waals surface area contributed by atoms with Crippen LogP contribution in [0.25, 0.3) is 0 Å². The normalized spacial score (nSPS) is 20.7. The smallest absolute Gasteiger partial charge is 0.293 e. The number of aromatic nitrogens is 1. The van der Waals surface area contributed by atoms with Crippen LogP contribution in [0.2, 0.25) is 0 Å². The van der Waals surface area contributed by atoms with Gasteiger partial charge in [-0.3, -0.25) is 14.4 Å². The van der Waals surface area contributed by atoms with Crippen molar-refractivity contribution in [3.8, 4) is 0 Å². The molecule has 7 nitrogen and oxygen atoms in total. The Hall–Kier alpha value is -2.93. The molecule has 3 heterocycles. The number of hydrogen-bond donors (Lipinski definition) is 0. The summed E-state index contributed by atoms with van der Waals surface area (Å²) in [6.07, 6.45) is 3.14. The van der Waals surface area contributed by atoms with Crippen LogP contribution < -0.4 is 5.43 Å². The van der Waals surface area contributed by atoms with Gasteiger partial charge in [0.05, 0.1) is 18.7 Å². The highest BCUT2D eigenvalue weighted by atomic mass is 16.5. The molecular weight excluding hydrogens is 372 g/mol. The summed E-state index contributed by atoms with van der Waals surface area (Å²) in [6.45, 7) is 3.29. The molecule has 1 aromatic heterocycles. The number of hydrogen-bond acceptors (Lipinski definition) is 5. The number of carbonyl (C=O) groups is 2. The van der Waals surface area contributed by atoms with Crippen molar-refractivity contribution < 1.29 is 19.1 Å². The van der Waals surface area contributed by atoms with Crippen LogP contribution in [-0.2, 0) is 40.3 Å². The van der Waals surface area contributed by atoms with Gasteiger partial charge in [0.15, 0.2) is 11.7 Å². The van der Waals surface area contributed by atoms with Crippen molar-refractivity contribution in [2.45, 2.75) is 51.6 Å². The fourth-order valence-electron chi connectivity index (χ4n) is 4.19. The number of nitrogens with zero attached hydrogens (tertiary/aromatic N) is 2. The van der Waals surface area contributed by atoms with Gasteiger partial charge in [0.1, 0.15) is 12.3 Å². The lowest BCUT2D eigenvalue weighted by Crippen LogP contribution is -2.57. The maximum Gasteiger partial charge on any atom is 0.293 e. The molecule has 1 amide bonds. The molecule has 1 aromatic carbocycles. The number of amides is 1. The first kappa shape index (κ1) is 19.4. The number of aryl methyl sites for hydroxylation is 1. The van der Waals surface area contributed by atoms with Crippen LogP contribution in [0.4, 0.5) is 0 Å². The Kier molecular flexibility index (Phi) is 5.49. The number of fused-ring (bicyclic) bond motifs is 2. The van der Waals surface area contributed by atoms with E-state index in [9.17, 15) is 14.4 Å². The molecule has 0 unspecified atom stereocenters. The average Bonchev–Trinajstić information content (AvgIpc) is 2.73. The third-order valence-electron chi connectivity index (χ3n) is 5.68. The van der Waals surface area contributed by atoms with E-state index in [2.05, 4.69) is 0 Å². The molecule has 1 saturated heterocycles. The lowest BCUT2D eigenvalue weighted by molar-refractivity contribution is -0.129. The van der Waals surface area contributed by atoms with Crippen LogP contribution in [-0.4, -0.2) is 40.7 Å². The minimum absolute atomic E-state index is 0.0603. The highest BCUT2D eigenvalue weighted by molar-refractivity contribution is 5.95. The zero-order valence-electron chi connectivity index (χ0n) is 16.4. The number of rotatable bonds is 6. The van der Waals surface area contributed by atoms with E-state index in [1.165, 1.54) is 0 Å². The molecule has 2 aromatic rings. The first-order chi connectivity index (χ1) is 14.1. The number of carbonyl (C=O) groups excluding carboxylic acids is 2. The SMILES string of the molecule is C[C@@H]1CCO[C@H]2Cn3cc(COC=O)c(=O)c(CCc4ccccc4)c3C(=O)N12. The molecule has 0 saturated carbocycles. The van der Waals surface area contributed by atoms with Gasteiger partial charge in [-0.2, -0.15) is 0 Å². The quantitative estimate of drug-likeness (QED) is 0.697. The number of ether oxygens (including phenoxy) is 2. The third kappa shape index (κ3) is 3.70. The fourth-order valence-corrected chi connectivity index (χ4v) is 4.19. The Labute approximate surface area is 168 Å². The fraction of sp³-hybridized carbons (Fsp3) is 0.409. The van der Waals surface area contributed by atoms with Crippen LogP contribution in [0.1, 0.15) is 40.5 Å². The molecule has 7 heteroatoms. The van der Waals surface area contributed by atoms with Crippen LogP contribution in [0, 0.1) is 0 Å². The molecule has 29 heavy (non-hydrogen) atoms. The van der Waals surface area contributed by atoms with Crippen LogP contribution in [0.15, 0.2) is 41.3 Å². The van der Waals surface area contributed by atoms with Crippen molar-refractivity contribution >= 4 is 12.4 Å². The second-order valence-corrected chi connectivity index (χ2v) is 7.53. The summed E-state index contributed by atoms with van der Waals surface area (Å²) < 4.78 is 12.5. The molecular formula is C22H24N2O5. The summed E-state index contributed by atoms with van der Waals surface area (Å²) in [7, 11) is 0. The monoisotopic (exact) mass is 396 g/mol. The predicted octanol–water partition coefficient (Wildman–Crippen LogP) is 1.90. The van der Waals surface area contributed by atoms with E-state index in [0.29, 0.717) is 49.3 Å². The van der Waals surface area contributed by atoms with Crippen molar-refractivity contribution in [2.24, 2.45) is 0 Å². The topological polar surface area (TPSA) is 77.8 Å². The summed E-state index contributed by atoms with van der Waals surface area (Å²) in [4.78, 5) is 38.9. The van der Waals surface area contributed by atoms with E-state index in [1.54, 1.807) is 15.7 Å². The Balaban J connectivity index is 1.76. The summed E-state index contributed by atoms with van der Waals surface area (Å²) in [5.41, 5.74) is 2.13. The maximum absolute atomic E-state index is 13.4. The summed E-state index contributed by atoms with van der Waals surface area (Å²) in [6, 6.07) is 9.91. The molecule has 2 aliphatic heterocycles. The van der Waals surface area contributed by atoms with Crippen molar-refractivity contribution in [2.75, 3.05) is 6.61 Å². The Morgan fingerprint density at radius 3 is 2.76 bits per heavy atom. The van der Waals surface area contributed by atoms with Crippen molar-refractivity contribution in [3.05, 3.63) is 69.1 Å². The zero-order valence-corrected chi connectivity index (χ0v) is 16.4. The van der Waals surface area contributed by atoms with Crippen molar-refractivity contribution in [1.29, 1.82) is 0 Å². The lowest BCUT2D eigenvalue weighted by atomic mass is 9.98. The molecule has 1 fully saturated rings. The van der Waals surface area contributed by atoms with Gasteiger partial charge in [-0.05, 0) is 31.7 Å². The molecule has 0 bridgehead atoms. The van der Waals surface area contributed by atoms with Gasteiger partial charge in [-0.15, -0.1) is 0 Å². The van der Waals surface area contributed by atoms with E-state index in [4.69, 9.17) is 9.47 Å². The Bertz CT molecular complexity index is 969. The van der Waals surface area contributed by atoms with Gasteiger partial charge < -0.3 is 18.9 Å². The van der Waals surface area contributed by atoms with Gasteiger partial charge >= 0.3 is 0 Å². The number of pyridine rings is 1. The molecule has 0 N–H and O–H groups in total. The standard InChI is InChI=1S/C22H24N2O5/c1-15-9-10-29-19-12-23-11-17(13-28-14-25)21(26)18(20(23)22(27)24(15)19)8-7-16-5-3-2-4-6-16/h2-6,11,14-15,19H,7-10,12-13H2,1H3/t15-,19+/m1/s1. The van der Waals surface area contributed by atoms with E-state index >= 15 is 0 Å². The average molecular weight is 396 g/mol. The largest absolute Gasteiger partial charge is 0.463 e. The van der Waals surface area contributed by atoms with Gasteiger partial charge in [0.2, 0.25) is 0 Å². The van der Waals surface area contributed by atoms with Crippen LogP contribution in [0.3, 0.4) is 0 Å². The van der Waals surface area contributed by atoms with Gasteiger partial charge in [-0.25, -0.2) is 0 Å². The zero-order chi connectivity index (χ0) is 20.4. The molecule has 0 radical (unpaired) electrons. The highest BCUT2D eigenvalue weighted by Gasteiger charge is 2.40. The maximum atomic E-state index is 13.4. The third-order valence-corrected chi connectivity index (χ3v) is 5.68. The first-order valence-electron chi connectivity index (χ1n) is 9.88. The second kappa shape index (κ2) is 8.21. The molecule has 2 atom stereocenters. The molecule has 152 valence electrons. The van der Waals surface area contributed by atoms with Gasteiger partial charge in [-0.1, -0.05) is 30.3 Å².